The maximum atomic E-state index is 13.3. The highest BCUT2D eigenvalue weighted by Crippen LogP contribution is 2.35. The van der Waals surface area contributed by atoms with Gasteiger partial charge in [-0.1, -0.05) is 41.4 Å². The number of alkyl halides is 3. The van der Waals surface area contributed by atoms with Crippen molar-refractivity contribution < 1.29 is 31.1 Å². The number of anilines is 2. The number of hydrogen-bond acceptors (Lipinski definition) is 4. The number of rotatable bonds is 6. The van der Waals surface area contributed by atoms with Crippen LogP contribution in [0.4, 0.5) is 24.5 Å². The van der Waals surface area contributed by atoms with Crippen molar-refractivity contribution >= 4 is 50.5 Å². The molecule has 3 aromatic carbocycles. The van der Waals surface area contributed by atoms with Crippen molar-refractivity contribution in [3.63, 3.8) is 0 Å². The van der Waals surface area contributed by atoms with Gasteiger partial charge in [-0.25, -0.2) is 8.42 Å². The van der Waals surface area contributed by atoms with Gasteiger partial charge in [-0.2, -0.15) is 13.2 Å². The number of amides is 1. The van der Waals surface area contributed by atoms with Gasteiger partial charge in [0.1, 0.15) is 5.75 Å². The molecule has 1 heterocycles. The van der Waals surface area contributed by atoms with Crippen molar-refractivity contribution in [2.24, 2.45) is 0 Å². The van der Waals surface area contributed by atoms with Crippen molar-refractivity contribution in [2.75, 3.05) is 22.8 Å². The number of sulfonamides is 1. The van der Waals surface area contributed by atoms with Crippen molar-refractivity contribution in [3.8, 4) is 5.75 Å². The molecule has 0 fully saturated rings. The van der Waals surface area contributed by atoms with Crippen LogP contribution in [0.15, 0.2) is 65.6 Å². The number of carbonyl (C=O) groups is 1. The molecule has 0 unspecified atom stereocenters. The summed E-state index contributed by atoms with van der Waals surface area (Å²) in [4.78, 5) is 12.2. The van der Waals surface area contributed by atoms with E-state index in [1.807, 2.05) is 12.1 Å². The highest BCUT2D eigenvalue weighted by Gasteiger charge is 2.31. The number of aryl methyl sites for hydroxylation is 1. The van der Waals surface area contributed by atoms with Crippen molar-refractivity contribution in [3.05, 3.63) is 81.8 Å². The zero-order valence-corrected chi connectivity index (χ0v) is 20.8. The molecular weight excluding hydrogens is 540 g/mol. The number of nitrogens with zero attached hydrogens (tertiary/aromatic N) is 1. The second-order valence-corrected chi connectivity index (χ2v) is 10.6. The summed E-state index contributed by atoms with van der Waals surface area (Å²) in [6, 6.07) is 13.7. The first-order valence-corrected chi connectivity index (χ1v) is 12.9. The molecule has 0 bridgehead atoms. The fraction of sp³-hybridized carbons (Fsp3) is 0.208. The molecule has 190 valence electrons. The molecule has 4 rings (SSSR count). The number of hydrogen-bond donors (Lipinski definition) is 1. The number of carbonyl (C=O) groups excluding carboxylic acids is 1. The van der Waals surface area contributed by atoms with E-state index in [4.69, 9.17) is 27.9 Å². The van der Waals surface area contributed by atoms with E-state index in [9.17, 15) is 26.4 Å². The molecule has 0 aromatic heterocycles. The molecule has 0 aliphatic carbocycles. The molecule has 1 aliphatic heterocycles. The smallest absolute Gasteiger partial charge is 0.416 e. The number of nitrogens with one attached hydrogen (secondary N) is 1. The van der Waals surface area contributed by atoms with Crippen LogP contribution in [0.3, 0.4) is 0 Å². The standard InChI is InChI=1S/C24H19Cl2F3N2O4S/c25-18-9-7-16(24(27,28)29)12-20(18)30-23(32)14-35-22-10-8-17(13-19(22)26)36(33,34)31-11-3-5-15-4-1-2-6-21(15)31/h1-2,4,6-10,12-13H,3,5,11,14H2,(H,30,32). The molecule has 1 aliphatic rings. The molecule has 1 amide bonds. The number of ether oxygens (including phenoxy) is 1. The largest absolute Gasteiger partial charge is 0.482 e. The van der Waals surface area contributed by atoms with Crippen molar-refractivity contribution in [2.45, 2.75) is 23.9 Å². The first kappa shape index (κ1) is 26.1. The van der Waals surface area contributed by atoms with Crippen LogP contribution >= 0.6 is 23.2 Å². The van der Waals surface area contributed by atoms with E-state index in [0.717, 1.165) is 24.1 Å². The fourth-order valence-electron chi connectivity index (χ4n) is 3.76. The van der Waals surface area contributed by atoms with Crippen LogP contribution in [0, 0.1) is 0 Å². The van der Waals surface area contributed by atoms with E-state index in [-0.39, 0.29) is 26.4 Å². The minimum atomic E-state index is -4.60. The van der Waals surface area contributed by atoms with E-state index in [1.54, 1.807) is 12.1 Å². The van der Waals surface area contributed by atoms with Gasteiger partial charge in [-0.05, 0) is 60.9 Å². The fourth-order valence-corrected chi connectivity index (χ4v) is 5.79. The van der Waals surface area contributed by atoms with Gasteiger partial charge in [0, 0.05) is 6.54 Å². The van der Waals surface area contributed by atoms with Crippen LogP contribution < -0.4 is 14.4 Å². The van der Waals surface area contributed by atoms with Crippen LogP contribution in [0.1, 0.15) is 17.5 Å². The lowest BCUT2D eigenvalue weighted by Gasteiger charge is -2.30. The van der Waals surface area contributed by atoms with Gasteiger partial charge < -0.3 is 10.1 Å². The Bertz CT molecular complexity index is 1410. The number of benzene rings is 3. The summed E-state index contributed by atoms with van der Waals surface area (Å²) in [5.74, 6) is -0.756. The lowest BCUT2D eigenvalue weighted by molar-refractivity contribution is -0.137. The van der Waals surface area contributed by atoms with Gasteiger partial charge in [0.15, 0.2) is 6.61 Å². The van der Waals surface area contributed by atoms with Crippen molar-refractivity contribution in [1.29, 1.82) is 0 Å². The number of halogens is 5. The molecular formula is C24H19Cl2F3N2O4S. The van der Waals surface area contributed by atoms with Gasteiger partial charge in [-0.3, -0.25) is 9.10 Å². The van der Waals surface area contributed by atoms with E-state index < -0.39 is 34.3 Å². The van der Waals surface area contributed by atoms with Gasteiger partial charge >= 0.3 is 6.18 Å². The molecule has 0 saturated heterocycles. The summed E-state index contributed by atoms with van der Waals surface area (Å²) in [5, 5.41) is 2.13. The Balaban J connectivity index is 1.46. The Morgan fingerprint density at radius 2 is 1.78 bits per heavy atom. The summed E-state index contributed by atoms with van der Waals surface area (Å²) in [7, 11) is -3.90. The summed E-state index contributed by atoms with van der Waals surface area (Å²) in [5.41, 5.74) is 0.351. The molecule has 0 atom stereocenters. The summed E-state index contributed by atoms with van der Waals surface area (Å²) in [6.45, 7) is -0.272. The minimum Gasteiger partial charge on any atom is -0.482 e. The van der Waals surface area contributed by atoms with Gasteiger partial charge in [-0.15, -0.1) is 0 Å². The zero-order valence-electron chi connectivity index (χ0n) is 18.5. The Morgan fingerprint density at radius 1 is 1.03 bits per heavy atom. The molecule has 0 spiro atoms. The van der Waals surface area contributed by atoms with Crippen LogP contribution in [0.2, 0.25) is 10.0 Å². The lowest BCUT2D eigenvalue weighted by atomic mass is 10.0. The average molecular weight is 559 g/mol. The van der Waals surface area contributed by atoms with E-state index >= 15 is 0 Å². The second kappa shape index (κ2) is 10.2. The first-order valence-electron chi connectivity index (χ1n) is 10.7. The number of fused-ring (bicyclic) bond motifs is 1. The van der Waals surface area contributed by atoms with Crippen LogP contribution in [0.25, 0.3) is 0 Å². The third kappa shape index (κ3) is 5.55. The molecule has 0 radical (unpaired) electrons. The van der Waals surface area contributed by atoms with E-state index in [0.29, 0.717) is 24.7 Å². The highest BCUT2D eigenvalue weighted by molar-refractivity contribution is 7.92. The topological polar surface area (TPSA) is 75.7 Å². The third-order valence-electron chi connectivity index (χ3n) is 5.49. The average Bonchev–Trinajstić information content (AvgIpc) is 2.83. The molecule has 12 heteroatoms. The van der Waals surface area contributed by atoms with Crippen LogP contribution in [-0.2, 0) is 27.4 Å². The van der Waals surface area contributed by atoms with Gasteiger partial charge in [0.25, 0.3) is 15.9 Å². The van der Waals surface area contributed by atoms with Gasteiger partial charge in [0.2, 0.25) is 0 Å². The highest BCUT2D eigenvalue weighted by atomic mass is 35.5. The van der Waals surface area contributed by atoms with E-state index in [2.05, 4.69) is 5.32 Å². The summed E-state index contributed by atoms with van der Waals surface area (Å²) < 4.78 is 72.0. The maximum absolute atomic E-state index is 13.3. The normalized spacial score (nSPS) is 13.8. The summed E-state index contributed by atoms with van der Waals surface area (Å²) >= 11 is 12.1. The first-order chi connectivity index (χ1) is 17.0. The predicted octanol–water partition coefficient (Wildman–Crippen LogP) is 6.17. The second-order valence-electron chi connectivity index (χ2n) is 7.93. The van der Waals surface area contributed by atoms with Crippen molar-refractivity contribution in [1.82, 2.24) is 0 Å². The Labute approximate surface area is 215 Å². The van der Waals surface area contributed by atoms with Gasteiger partial charge in [0.05, 0.1) is 31.9 Å². The third-order valence-corrected chi connectivity index (χ3v) is 7.92. The molecule has 1 N–H and O–H groups in total. The monoisotopic (exact) mass is 558 g/mol. The molecule has 3 aromatic rings. The number of para-hydroxylation sites is 1. The van der Waals surface area contributed by atoms with Crippen LogP contribution in [-0.4, -0.2) is 27.5 Å². The Kier molecular flexibility index (Phi) is 7.40. The quantitative estimate of drug-likeness (QED) is 0.392. The molecule has 36 heavy (non-hydrogen) atoms. The van der Waals surface area contributed by atoms with Crippen LogP contribution in [0.5, 0.6) is 5.75 Å². The predicted molar refractivity (Wildman–Crippen MR) is 131 cm³/mol. The molecule has 6 nitrogen and oxygen atoms in total. The summed E-state index contributed by atoms with van der Waals surface area (Å²) in [6.07, 6.45) is -3.15. The SMILES string of the molecule is O=C(COc1ccc(S(=O)(=O)N2CCCc3ccccc32)cc1Cl)Nc1cc(C(F)(F)F)ccc1Cl. The minimum absolute atomic E-state index is 0.0277. The Morgan fingerprint density at radius 3 is 2.50 bits per heavy atom. The lowest BCUT2D eigenvalue weighted by Crippen LogP contribution is -2.35. The van der Waals surface area contributed by atoms with E-state index in [1.165, 1.54) is 22.5 Å². The zero-order chi connectivity index (χ0) is 26.1. The Hall–Kier alpha value is -2.95. The maximum Gasteiger partial charge on any atom is 0.416 e. The molecule has 0 saturated carbocycles.